The first-order valence-electron chi connectivity index (χ1n) is 6.23. The lowest BCUT2D eigenvalue weighted by molar-refractivity contribution is 0.0591. The third kappa shape index (κ3) is 2.21. The van der Waals surface area contributed by atoms with Gasteiger partial charge in [0.1, 0.15) is 5.69 Å². The molecule has 3 aromatic rings. The molecule has 0 aliphatic carbocycles. The Kier molecular flexibility index (Phi) is 3.34. The fraction of sp³-hybridized carbons (Fsp3) is 0.0714. The maximum atomic E-state index is 11.8. The summed E-state index contributed by atoms with van der Waals surface area (Å²) in [7, 11) is 1.28. The molecule has 0 spiro atoms. The highest BCUT2D eigenvalue weighted by Gasteiger charge is 2.15. The molecule has 0 bridgehead atoms. The van der Waals surface area contributed by atoms with Gasteiger partial charge in [-0.15, -0.1) is 0 Å². The number of nitrogens with one attached hydrogen (secondary N) is 2. The molecule has 22 heavy (non-hydrogen) atoms. The van der Waals surface area contributed by atoms with Crippen molar-refractivity contribution in [2.24, 2.45) is 0 Å². The minimum Gasteiger partial charge on any atom is -0.464 e. The Bertz CT molecular complexity index is 999. The van der Waals surface area contributed by atoms with Gasteiger partial charge in [-0.2, -0.15) is 0 Å². The van der Waals surface area contributed by atoms with Crippen molar-refractivity contribution < 1.29 is 9.53 Å². The number of aromatic nitrogens is 3. The van der Waals surface area contributed by atoms with E-state index in [0.717, 1.165) is 0 Å². The van der Waals surface area contributed by atoms with Crippen molar-refractivity contribution in [1.82, 2.24) is 14.5 Å². The number of ether oxygens (including phenoxy) is 1. The lowest BCUT2D eigenvalue weighted by Gasteiger charge is -2.11. The van der Waals surface area contributed by atoms with Crippen LogP contribution in [-0.4, -0.2) is 27.6 Å². The molecule has 0 unspecified atom stereocenters. The summed E-state index contributed by atoms with van der Waals surface area (Å²) in [4.78, 5) is 39.4. The molecule has 0 aliphatic heterocycles. The molecule has 2 N–H and O–H groups in total. The quantitative estimate of drug-likeness (QED) is 0.552. The maximum Gasteiger partial charge on any atom is 0.355 e. The van der Waals surface area contributed by atoms with Crippen molar-refractivity contribution in [3.05, 3.63) is 61.9 Å². The molecule has 0 fully saturated rings. The summed E-state index contributed by atoms with van der Waals surface area (Å²) in [5, 5.41) is 0.302. The van der Waals surface area contributed by atoms with Gasteiger partial charge in [-0.1, -0.05) is 11.6 Å². The Hall–Kier alpha value is -2.80. The molecule has 0 saturated carbocycles. The van der Waals surface area contributed by atoms with E-state index in [1.54, 1.807) is 24.4 Å². The number of hydrogen-bond donors (Lipinski definition) is 2. The zero-order valence-corrected chi connectivity index (χ0v) is 12.1. The van der Waals surface area contributed by atoms with E-state index in [4.69, 9.17) is 16.3 Å². The van der Waals surface area contributed by atoms with E-state index in [2.05, 4.69) is 9.97 Å². The van der Waals surface area contributed by atoms with Gasteiger partial charge in [0.25, 0.3) is 0 Å². The van der Waals surface area contributed by atoms with Gasteiger partial charge >= 0.3 is 17.1 Å². The molecular weight excluding hydrogens is 310 g/mol. The molecule has 3 rings (SSSR count). The summed E-state index contributed by atoms with van der Waals surface area (Å²) in [6.07, 6.45) is 1.64. The van der Waals surface area contributed by atoms with Crippen molar-refractivity contribution >= 4 is 28.6 Å². The monoisotopic (exact) mass is 319 g/mol. The van der Waals surface area contributed by atoms with E-state index in [1.807, 2.05) is 0 Å². The molecule has 0 amide bonds. The average Bonchev–Trinajstić information content (AvgIpc) is 2.97. The number of esters is 1. The topological polar surface area (TPSA) is 96.9 Å². The van der Waals surface area contributed by atoms with Gasteiger partial charge in [0, 0.05) is 6.20 Å². The normalized spacial score (nSPS) is 10.8. The van der Waals surface area contributed by atoms with Crippen LogP contribution in [0.2, 0.25) is 5.02 Å². The second kappa shape index (κ2) is 5.19. The van der Waals surface area contributed by atoms with Gasteiger partial charge in [0.05, 0.1) is 28.9 Å². The van der Waals surface area contributed by atoms with E-state index in [1.165, 1.54) is 17.7 Å². The first-order chi connectivity index (χ1) is 10.5. The van der Waals surface area contributed by atoms with Crippen LogP contribution in [0.1, 0.15) is 10.5 Å². The third-order valence-corrected chi connectivity index (χ3v) is 3.50. The van der Waals surface area contributed by atoms with Gasteiger partial charge < -0.3 is 19.3 Å². The number of methoxy groups -OCH3 is 1. The van der Waals surface area contributed by atoms with Crippen LogP contribution in [0.25, 0.3) is 16.7 Å². The fourth-order valence-corrected chi connectivity index (χ4v) is 2.43. The zero-order valence-electron chi connectivity index (χ0n) is 11.3. The number of hydrogen-bond acceptors (Lipinski definition) is 4. The van der Waals surface area contributed by atoms with Gasteiger partial charge in [-0.3, -0.25) is 9.59 Å². The fourth-order valence-electron chi connectivity index (χ4n) is 2.17. The molecule has 8 heteroatoms. The van der Waals surface area contributed by atoms with Gasteiger partial charge in [-0.25, -0.2) is 4.79 Å². The van der Waals surface area contributed by atoms with Crippen LogP contribution in [0.15, 0.2) is 40.1 Å². The standard InChI is InChI=1S/C14H10ClN3O4/c1-22-14(21)10-3-2-4-18(10)11-6-9-8(5-7(11)15)16-12(19)13(20)17-9/h2-6H,1H3,(H,16,19)(H,17,20). The molecule has 2 aromatic heterocycles. The van der Waals surface area contributed by atoms with E-state index in [-0.39, 0.29) is 5.69 Å². The molecule has 0 atom stereocenters. The van der Waals surface area contributed by atoms with Crippen LogP contribution in [0.5, 0.6) is 0 Å². The summed E-state index contributed by atoms with van der Waals surface area (Å²) in [5.74, 6) is -0.517. The second-order valence-corrected chi connectivity index (χ2v) is 4.92. The summed E-state index contributed by atoms with van der Waals surface area (Å²) >= 11 is 6.22. The number of halogens is 1. The van der Waals surface area contributed by atoms with Crippen LogP contribution >= 0.6 is 11.6 Å². The zero-order chi connectivity index (χ0) is 15.9. The van der Waals surface area contributed by atoms with Crippen LogP contribution in [0.4, 0.5) is 0 Å². The van der Waals surface area contributed by atoms with Crippen molar-refractivity contribution in [1.29, 1.82) is 0 Å². The summed E-state index contributed by atoms with van der Waals surface area (Å²) in [6.45, 7) is 0. The Labute approximate surface area is 128 Å². The highest BCUT2D eigenvalue weighted by Crippen LogP contribution is 2.26. The maximum absolute atomic E-state index is 11.8. The van der Waals surface area contributed by atoms with Crippen LogP contribution in [0.3, 0.4) is 0 Å². The average molecular weight is 320 g/mol. The smallest absolute Gasteiger partial charge is 0.355 e. The van der Waals surface area contributed by atoms with Gasteiger partial charge in [0.15, 0.2) is 0 Å². The molecule has 1 aromatic carbocycles. The lowest BCUT2D eigenvalue weighted by Crippen LogP contribution is -2.28. The minimum atomic E-state index is -0.763. The van der Waals surface area contributed by atoms with Crippen molar-refractivity contribution in [3.8, 4) is 5.69 Å². The number of carbonyl (C=O) groups excluding carboxylic acids is 1. The molecule has 0 aliphatic rings. The van der Waals surface area contributed by atoms with Crippen molar-refractivity contribution in [2.45, 2.75) is 0 Å². The highest BCUT2D eigenvalue weighted by atomic mass is 35.5. The molecular formula is C14H10ClN3O4. The Morgan fingerprint density at radius 3 is 2.45 bits per heavy atom. The largest absolute Gasteiger partial charge is 0.464 e. The molecule has 7 nitrogen and oxygen atoms in total. The SMILES string of the molecule is COC(=O)c1cccn1-c1cc2[nH]c(=O)c(=O)[nH]c2cc1Cl. The second-order valence-electron chi connectivity index (χ2n) is 4.51. The van der Waals surface area contributed by atoms with E-state index < -0.39 is 17.1 Å². The summed E-state index contributed by atoms with van der Waals surface area (Å²) < 4.78 is 6.25. The Balaban J connectivity index is 2.28. The number of nitrogens with zero attached hydrogens (tertiary/aromatic N) is 1. The number of H-pyrrole nitrogens is 2. The van der Waals surface area contributed by atoms with Gasteiger partial charge in [0.2, 0.25) is 0 Å². The lowest BCUT2D eigenvalue weighted by atomic mass is 10.2. The predicted octanol–water partition coefficient (Wildman–Crippen LogP) is 1.45. The number of aromatic amines is 2. The van der Waals surface area contributed by atoms with Crippen molar-refractivity contribution in [2.75, 3.05) is 7.11 Å². The highest BCUT2D eigenvalue weighted by molar-refractivity contribution is 6.33. The first kappa shape index (κ1) is 14.2. The van der Waals surface area contributed by atoms with Crippen molar-refractivity contribution in [3.63, 3.8) is 0 Å². The van der Waals surface area contributed by atoms with Crippen LogP contribution in [-0.2, 0) is 4.74 Å². The van der Waals surface area contributed by atoms with Gasteiger partial charge in [-0.05, 0) is 24.3 Å². The molecule has 0 saturated heterocycles. The number of fused-ring (bicyclic) bond motifs is 1. The molecule has 0 radical (unpaired) electrons. The Morgan fingerprint density at radius 1 is 1.18 bits per heavy atom. The third-order valence-electron chi connectivity index (χ3n) is 3.19. The van der Waals surface area contributed by atoms with Crippen LogP contribution < -0.4 is 11.1 Å². The van der Waals surface area contributed by atoms with E-state index in [0.29, 0.717) is 21.7 Å². The van der Waals surface area contributed by atoms with Crippen LogP contribution in [0, 0.1) is 0 Å². The Morgan fingerprint density at radius 2 is 1.82 bits per heavy atom. The minimum absolute atomic E-state index is 0.288. The molecule has 112 valence electrons. The van der Waals surface area contributed by atoms with E-state index >= 15 is 0 Å². The number of benzene rings is 1. The number of rotatable bonds is 2. The van der Waals surface area contributed by atoms with E-state index in [9.17, 15) is 14.4 Å². The predicted molar refractivity (Wildman–Crippen MR) is 80.9 cm³/mol. The summed E-state index contributed by atoms with van der Waals surface area (Å²) in [6, 6.07) is 6.33. The number of carbonyl (C=O) groups is 1. The summed E-state index contributed by atoms with van der Waals surface area (Å²) in [5.41, 5.74) is 0.0328. The first-order valence-corrected chi connectivity index (χ1v) is 6.61. The molecule has 2 heterocycles.